The van der Waals surface area contributed by atoms with Crippen molar-refractivity contribution < 1.29 is 27.5 Å². The van der Waals surface area contributed by atoms with Crippen molar-refractivity contribution in [2.75, 3.05) is 31.6 Å². The van der Waals surface area contributed by atoms with Crippen LogP contribution >= 0.6 is 0 Å². The first-order valence-corrected chi connectivity index (χ1v) is 14.5. The number of benzene rings is 3. The van der Waals surface area contributed by atoms with Crippen LogP contribution in [0.5, 0.6) is 11.5 Å². The molecule has 0 bridgehead atoms. The average Bonchev–Trinajstić information content (AvgIpc) is 2.97. The summed E-state index contributed by atoms with van der Waals surface area (Å²) in [6.07, 6.45) is 0.740. The minimum atomic E-state index is -4.15. The predicted octanol–water partition coefficient (Wildman–Crippen LogP) is 4.15. The van der Waals surface area contributed by atoms with Crippen LogP contribution in [0.15, 0.2) is 77.7 Å². The van der Waals surface area contributed by atoms with Gasteiger partial charge >= 0.3 is 0 Å². The van der Waals surface area contributed by atoms with Gasteiger partial charge in [0.2, 0.25) is 11.8 Å². The van der Waals surface area contributed by atoms with E-state index in [0.29, 0.717) is 23.7 Å². The molecule has 0 aromatic heterocycles. The Hall–Kier alpha value is -4.05. The van der Waals surface area contributed by atoms with Crippen molar-refractivity contribution in [2.45, 2.75) is 44.7 Å². The van der Waals surface area contributed by atoms with E-state index in [2.05, 4.69) is 5.32 Å². The highest BCUT2D eigenvalue weighted by Gasteiger charge is 2.32. The molecule has 0 unspecified atom stereocenters. The highest BCUT2D eigenvalue weighted by atomic mass is 32.2. The minimum absolute atomic E-state index is 0.00904. The molecule has 0 heterocycles. The molecule has 0 fully saturated rings. The number of hydrogen-bond donors (Lipinski definition) is 1. The maximum atomic E-state index is 13.9. The van der Waals surface area contributed by atoms with Crippen molar-refractivity contribution in [1.29, 1.82) is 0 Å². The van der Waals surface area contributed by atoms with E-state index in [0.717, 1.165) is 21.9 Å². The third kappa shape index (κ3) is 7.53. The van der Waals surface area contributed by atoms with E-state index in [4.69, 9.17) is 9.47 Å². The van der Waals surface area contributed by atoms with Gasteiger partial charge in [0.05, 0.1) is 24.8 Å². The van der Waals surface area contributed by atoms with Gasteiger partial charge in [-0.05, 0) is 74.4 Å². The number of sulfonamides is 1. The Bertz CT molecular complexity index is 1390. The van der Waals surface area contributed by atoms with Gasteiger partial charge in [-0.1, -0.05) is 36.8 Å². The number of aryl methyl sites for hydroxylation is 1. The number of nitrogens with one attached hydrogen (secondary N) is 1. The molecule has 0 saturated carbocycles. The zero-order chi connectivity index (χ0) is 29.3. The molecular weight excluding hydrogens is 530 g/mol. The number of ether oxygens (including phenoxy) is 2. The normalized spacial score (nSPS) is 11.8. The topological polar surface area (TPSA) is 105 Å². The van der Waals surface area contributed by atoms with Crippen LogP contribution in [0.2, 0.25) is 0 Å². The van der Waals surface area contributed by atoms with Crippen LogP contribution in [-0.4, -0.2) is 58.5 Å². The molecular formula is C30H37N3O6S. The Morgan fingerprint density at radius 1 is 0.925 bits per heavy atom. The van der Waals surface area contributed by atoms with Gasteiger partial charge in [-0.3, -0.25) is 13.9 Å². The number of nitrogens with zero attached hydrogens (tertiary/aromatic N) is 2. The molecule has 9 nitrogen and oxygen atoms in total. The van der Waals surface area contributed by atoms with Gasteiger partial charge in [-0.2, -0.15) is 0 Å². The molecule has 10 heteroatoms. The monoisotopic (exact) mass is 567 g/mol. The molecule has 0 aliphatic rings. The average molecular weight is 568 g/mol. The number of methoxy groups -OCH3 is 2. The van der Waals surface area contributed by atoms with Gasteiger partial charge in [0.25, 0.3) is 10.0 Å². The van der Waals surface area contributed by atoms with Crippen LogP contribution in [0.3, 0.4) is 0 Å². The fraction of sp³-hybridized carbons (Fsp3) is 0.333. The molecule has 1 N–H and O–H groups in total. The fourth-order valence-electron chi connectivity index (χ4n) is 4.06. The third-order valence-electron chi connectivity index (χ3n) is 6.45. The van der Waals surface area contributed by atoms with Gasteiger partial charge in [0, 0.05) is 13.1 Å². The standard InChI is InChI=1S/C30H37N3O6S/c1-6-18-31-30(35)23(3)32(20-24-8-7-9-27(19-24)39-5)29(34)21-33(25-12-10-22(2)11-13-25)40(36,37)28-16-14-26(38-4)15-17-28/h7-17,19,23H,6,18,20-21H2,1-5H3,(H,31,35)/t23-/m0/s1. The molecule has 3 rings (SSSR count). The summed E-state index contributed by atoms with van der Waals surface area (Å²) in [6, 6.07) is 19.2. The largest absolute Gasteiger partial charge is 0.497 e. The molecule has 0 spiro atoms. The molecule has 0 aliphatic carbocycles. The summed E-state index contributed by atoms with van der Waals surface area (Å²) >= 11 is 0. The fourth-order valence-corrected chi connectivity index (χ4v) is 5.47. The van der Waals surface area contributed by atoms with Crippen molar-refractivity contribution in [3.05, 3.63) is 83.9 Å². The molecule has 0 radical (unpaired) electrons. The Morgan fingerprint density at radius 3 is 2.17 bits per heavy atom. The first-order chi connectivity index (χ1) is 19.1. The molecule has 2 amide bonds. The molecule has 1 atom stereocenters. The maximum Gasteiger partial charge on any atom is 0.264 e. The van der Waals surface area contributed by atoms with Crippen LogP contribution in [0.25, 0.3) is 0 Å². The number of carbonyl (C=O) groups excluding carboxylic acids is 2. The number of anilines is 1. The van der Waals surface area contributed by atoms with Crippen molar-refractivity contribution >= 4 is 27.5 Å². The van der Waals surface area contributed by atoms with Crippen molar-refractivity contribution in [3.8, 4) is 11.5 Å². The first kappa shape index (κ1) is 30.5. The summed E-state index contributed by atoms with van der Waals surface area (Å²) in [5.41, 5.74) is 2.01. The van der Waals surface area contributed by atoms with Crippen LogP contribution < -0.4 is 19.1 Å². The van der Waals surface area contributed by atoms with E-state index in [1.807, 2.05) is 19.9 Å². The Kier molecular flexibility index (Phi) is 10.6. The summed E-state index contributed by atoms with van der Waals surface area (Å²) in [5.74, 6) is 0.266. The molecule has 0 saturated heterocycles. The SMILES string of the molecule is CCCNC(=O)[C@H](C)N(Cc1cccc(OC)c1)C(=O)CN(c1ccc(C)cc1)S(=O)(=O)c1ccc(OC)cc1. The Morgan fingerprint density at radius 2 is 1.57 bits per heavy atom. The molecule has 214 valence electrons. The van der Waals surface area contributed by atoms with Gasteiger partial charge in [0.1, 0.15) is 24.1 Å². The smallest absolute Gasteiger partial charge is 0.264 e. The summed E-state index contributed by atoms with van der Waals surface area (Å²) in [6.45, 7) is 5.51. The van der Waals surface area contributed by atoms with Crippen LogP contribution in [0.1, 0.15) is 31.4 Å². The van der Waals surface area contributed by atoms with Crippen LogP contribution in [-0.2, 0) is 26.2 Å². The number of amides is 2. The van der Waals surface area contributed by atoms with Gasteiger partial charge in [-0.25, -0.2) is 8.42 Å². The lowest BCUT2D eigenvalue weighted by molar-refractivity contribution is -0.139. The predicted molar refractivity (Wildman–Crippen MR) is 155 cm³/mol. The summed E-state index contributed by atoms with van der Waals surface area (Å²) in [5, 5.41) is 2.83. The maximum absolute atomic E-state index is 13.9. The number of carbonyl (C=O) groups is 2. The lowest BCUT2D eigenvalue weighted by Crippen LogP contribution is -2.51. The molecule has 3 aromatic carbocycles. The summed E-state index contributed by atoms with van der Waals surface area (Å²) < 4.78 is 39.3. The van der Waals surface area contributed by atoms with Crippen molar-refractivity contribution in [1.82, 2.24) is 10.2 Å². The zero-order valence-corrected chi connectivity index (χ0v) is 24.4. The van der Waals surface area contributed by atoms with E-state index in [1.165, 1.54) is 24.1 Å². The van der Waals surface area contributed by atoms with E-state index in [9.17, 15) is 18.0 Å². The second-order valence-electron chi connectivity index (χ2n) is 9.36. The Balaban J connectivity index is 2.02. The van der Waals surface area contributed by atoms with Crippen LogP contribution in [0.4, 0.5) is 5.69 Å². The quantitative estimate of drug-likeness (QED) is 0.333. The highest BCUT2D eigenvalue weighted by molar-refractivity contribution is 7.92. The van der Waals surface area contributed by atoms with E-state index in [-0.39, 0.29) is 17.3 Å². The van der Waals surface area contributed by atoms with Gasteiger partial charge < -0.3 is 19.7 Å². The van der Waals surface area contributed by atoms with E-state index >= 15 is 0 Å². The minimum Gasteiger partial charge on any atom is -0.497 e. The molecule has 40 heavy (non-hydrogen) atoms. The van der Waals surface area contributed by atoms with Gasteiger partial charge in [-0.15, -0.1) is 0 Å². The van der Waals surface area contributed by atoms with E-state index < -0.39 is 28.5 Å². The summed E-state index contributed by atoms with van der Waals surface area (Å²) in [7, 11) is -1.11. The number of hydrogen-bond acceptors (Lipinski definition) is 6. The van der Waals surface area contributed by atoms with E-state index in [1.54, 1.807) is 68.6 Å². The second-order valence-corrected chi connectivity index (χ2v) is 11.2. The van der Waals surface area contributed by atoms with Crippen LogP contribution in [0, 0.1) is 6.92 Å². The van der Waals surface area contributed by atoms with Crippen molar-refractivity contribution in [3.63, 3.8) is 0 Å². The zero-order valence-electron chi connectivity index (χ0n) is 23.6. The first-order valence-electron chi connectivity index (χ1n) is 13.0. The Labute approximate surface area is 236 Å². The third-order valence-corrected chi connectivity index (χ3v) is 8.24. The van der Waals surface area contributed by atoms with Gasteiger partial charge in [0.15, 0.2) is 0 Å². The lowest BCUT2D eigenvalue weighted by atomic mass is 10.1. The molecule has 0 aliphatic heterocycles. The van der Waals surface area contributed by atoms with Crippen molar-refractivity contribution in [2.24, 2.45) is 0 Å². The molecule has 3 aromatic rings. The summed E-state index contributed by atoms with van der Waals surface area (Å²) in [4.78, 5) is 28.3. The number of rotatable bonds is 13. The highest BCUT2D eigenvalue weighted by Crippen LogP contribution is 2.26. The second kappa shape index (κ2) is 13.8. The lowest BCUT2D eigenvalue weighted by Gasteiger charge is -2.32.